The van der Waals surface area contributed by atoms with E-state index in [1.54, 1.807) is 10.9 Å². The molecular weight excluding hydrogens is 270 g/mol. The number of rotatable bonds is 6. The molecular formula is C11H18BrN3O. The molecule has 0 atom stereocenters. The van der Waals surface area contributed by atoms with Gasteiger partial charge in [0.1, 0.15) is 5.69 Å². The number of Topliss-reactive ketones (excluding diaryl/α,β-unsaturated/α-hetero) is 1. The molecule has 1 heterocycles. The Morgan fingerprint density at radius 1 is 1.56 bits per heavy atom. The van der Waals surface area contributed by atoms with Crippen LogP contribution in [0.15, 0.2) is 10.7 Å². The molecule has 0 unspecified atom stereocenters. The highest BCUT2D eigenvalue weighted by atomic mass is 79.9. The van der Waals surface area contributed by atoms with E-state index in [0.717, 1.165) is 17.3 Å². The summed E-state index contributed by atoms with van der Waals surface area (Å²) >= 11 is 3.37. The fraction of sp³-hybridized carbons (Fsp3) is 0.636. The quantitative estimate of drug-likeness (QED) is 0.646. The smallest absolute Gasteiger partial charge is 0.182 e. The molecule has 0 bridgehead atoms. The van der Waals surface area contributed by atoms with Crippen molar-refractivity contribution >= 4 is 21.7 Å². The highest BCUT2D eigenvalue weighted by Crippen LogP contribution is 2.21. The molecule has 1 aromatic heterocycles. The standard InChI is InChI=1S/C11H18BrN3O/c1-8(2)15-11(9(12)7-14-15)10(16)5-3-4-6-13/h7-8H,3-6,13H2,1-2H3. The highest BCUT2D eigenvalue weighted by molar-refractivity contribution is 9.10. The van der Waals surface area contributed by atoms with Gasteiger partial charge in [0.15, 0.2) is 5.78 Å². The summed E-state index contributed by atoms with van der Waals surface area (Å²) in [7, 11) is 0. The first-order valence-electron chi connectivity index (χ1n) is 5.54. The van der Waals surface area contributed by atoms with E-state index in [4.69, 9.17) is 5.73 Å². The summed E-state index contributed by atoms with van der Waals surface area (Å²) in [5.41, 5.74) is 6.08. The molecule has 0 saturated heterocycles. The summed E-state index contributed by atoms with van der Waals surface area (Å²) in [6.07, 6.45) is 3.94. The maximum atomic E-state index is 12.0. The molecule has 0 amide bonds. The van der Waals surface area contributed by atoms with Gasteiger partial charge in [-0.1, -0.05) is 0 Å². The summed E-state index contributed by atoms with van der Waals surface area (Å²) in [6, 6.07) is 0.194. The molecule has 0 spiro atoms. The second-order valence-electron chi connectivity index (χ2n) is 4.05. The Morgan fingerprint density at radius 2 is 2.25 bits per heavy atom. The number of ketones is 1. The molecule has 16 heavy (non-hydrogen) atoms. The Bertz CT molecular complexity index is 360. The molecule has 0 radical (unpaired) electrons. The number of carbonyl (C=O) groups excluding carboxylic acids is 1. The maximum Gasteiger partial charge on any atom is 0.182 e. The van der Waals surface area contributed by atoms with Crippen molar-refractivity contribution in [3.8, 4) is 0 Å². The third kappa shape index (κ3) is 3.15. The minimum atomic E-state index is 0.131. The van der Waals surface area contributed by atoms with Crippen LogP contribution in [-0.4, -0.2) is 22.1 Å². The zero-order valence-corrected chi connectivity index (χ0v) is 11.3. The summed E-state index contributed by atoms with van der Waals surface area (Å²) in [6.45, 7) is 4.66. The van der Waals surface area contributed by atoms with Crippen LogP contribution in [-0.2, 0) is 0 Å². The number of carbonyl (C=O) groups is 1. The number of hydrogen-bond acceptors (Lipinski definition) is 3. The van der Waals surface area contributed by atoms with Crippen LogP contribution in [0.25, 0.3) is 0 Å². The second kappa shape index (κ2) is 6.15. The SMILES string of the molecule is CC(C)n1ncc(Br)c1C(=O)CCCCN. The van der Waals surface area contributed by atoms with Gasteiger partial charge >= 0.3 is 0 Å². The first kappa shape index (κ1) is 13.4. The minimum absolute atomic E-state index is 0.131. The van der Waals surface area contributed by atoms with Crippen molar-refractivity contribution in [2.24, 2.45) is 5.73 Å². The number of halogens is 1. The Balaban J connectivity index is 2.77. The van der Waals surface area contributed by atoms with Crippen molar-refractivity contribution in [3.63, 3.8) is 0 Å². The first-order chi connectivity index (χ1) is 7.57. The fourth-order valence-electron chi connectivity index (χ4n) is 1.54. The van der Waals surface area contributed by atoms with Crippen molar-refractivity contribution in [1.29, 1.82) is 0 Å². The van der Waals surface area contributed by atoms with Crippen LogP contribution in [0.3, 0.4) is 0 Å². The van der Waals surface area contributed by atoms with Crippen LogP contribution in [0.2, 0.25) is 0 Å². The van der Waals surface area contributed by atoms with Crippen molar-refractivity contribution in [1.82, 2.24) is 9.78 Å². The zero-order chi connectivity index (χ0) is 12.1. The molecule has 1 rings (SSSR count). The van der Waals surface area contributed by atoms with E-state index in [1.807, 2.05) is 13.8 Å². The fourth-order valence-corrected chi connectivity index (χ4v) is 2.04. The lowest BCUT2D eigenvalue weighted by Gasteiger charge is -2.10. The van der Waals surface area contributed by atoms with Gasteiger partial charge in [-0.25, -0.2) is 0 Å². The molecule has 1 aromatic rings. The van der Waals surface area contributed by atoms with Gasteiger partial charge in [0.2, 0.25) is 0 Å². The molecule has 0 aliphatic rings. The van der Waals surface area contributed by atoms with Gasteiger partial charge in [-0.05, 0) is 49.2 Å². The van der Waals surface area contributed by atoms with E-state index in [-0.39, 0.29) is 11.8 Å². The number of nitrogens with two attached hydrogens (primary N) is 1. The molecule has 90 valence electrons. The van der Waals surface area contributed by atoms with Crippen LogP contribution >= 0.6 is 15.9 Å². The molecule has 0 aromatic carbocycles. The van der Waals surface area contributed by atoms with Crippen molar-refractivity contribution in [2.75, 3.05) is 6.54 Å². The number of unbranched alkanes of at least 4 members (excludes halogenated alkanes) is 1. The van der Waals surface area contributed by atoms with Crippen LogP contribution in [0, 0.1) is 0 Å². The number of hydrogen-bond donors (Lipinski definition) is 1. The normalized spacial score (nSPS) is 11.1. The molecule has 0 aliphatic heterocycles. The Morgan fingerprint density at radius 3 is 2.81 bits per heavy atom. The highest BCUT2D eigenvalue weighted by Gasteiger charge is 2.17. The lowest BCUT2D eigenvalue weighted by atomic mass is 10.1. The molecule has 0 saturated carbocycles. The first-order valence-corrected chi connectivity index (χ1v) is 6.33. The lowest BCUT2D eigenvalue weighted by molar-refractivity contribution is 0.0966. The maximum absolute atomic E-state index is 12.0. The summed E-state index contributed by atoms with van der Waals surface area (Å²) in [5.74, 6) is 0.131. The molecule has 4 nitrogen and oxygen atoms in total. The van der Waals surface area contributed by atoms with E-state index in [0.29, 0.717) is 18.7 Å². The second-order valence-corrected chi connectivity index (χ2v) is 4.90. The third-order valence-corrected chi connectivity index (χ3v) is 2.94. The average Bonchev–Trinajstić information content (AvgIpc) is 2.60. The van der Waals surface area contributed by atoms with Gasteiger partial charge in [-0.3, -0.25) is 9.48 Å². The van der Waals surface area contributed by atoms with Crippen molar-refractivity contribution in [2.45, 2.75) is 39.2 Å². The number of nitrogens with zero attached hydrogens (tertiary/aromatic N) is 2. The van der Waals surface area contributed by atoms with Crippen LogP contribution in [0.4, 0.5) is 0 Å². The van der Waals surface area contributed by atoms with E-state index in [2.05, 4.69) is 21.0 Å². The van der Waals surface area contributed by atoms with E-state index in [1.165, 1.54) is 0 Å². The Labute approximate surface area is 104 Å². The van der Waals surface area contributed by atoms with Gasteiger partial charge in [-0.15, -0.1) is 0 Å². The zero-order valence-electron chi connectivity index (χ0n) is 9.74. The Hall–Kier alpha value is -0.680. The lowest BCUT2D eigenvalue weighted by Crippen LogP contribution is -2.13. The van der Waals surface area contributed by atoms with Gasteiger partial charge in [0, 0.05) is 12.5 Å². The van der Waals surface area contributed by atoms with Gasteiger partial charge in [-0.2, -0.15) is 5.10 Å². The van der Waals surface area contributed by atoms with Gasteiger partial charge in [0.25, 0.3) is 0 Å². The summed E-state index contributed by atoms with van der Waals surface area (Å²) in [4.78, 5) is 12.0. The monoisotopic (exact) mass is 287 g/mol. The van der Waals surface area contributed by atoms with Gasteiger partial charge < -0.3 is 5.73 Å². The molecule has 0 fully saturated rings. The topological polar surface area (TPSA) is 60.9 Å². The van der Waals surface area contributed by atoms with E-state index < -0.39 is 0 Å². The summed E-state index contributed by atoms with van der Waals surface area (Å²) < 4.78 is 2.54. The average molecular weight is 288 g/mol. The predicted molar refractivity (Wildman–Crippen MR) is 67.5 cm³/mol. The van der Waals surface area contributed by atoms with Crippen LogP contribution in [0.5, 0.6) is 0 Å². The third-order valence-electron chi connectivity index (χ3n) is 2.36. The minimum Gasteiger partial charge on any atom is -0.330 e. The van der Waals surface area contributed by atoms with Crippen molar-refractivity contribution in [3.05, 3.63) is 16.4 Å². The molecule has 2 N–H and O–H groups in total. The summed E-state index contributed by atoms with van der Waals surface area (Å²) in [5, 5.41) is 4.19. The van der Waals surface area contributed by atoms with E-state index in [9.17, 15) is 4.79 Å². The predicted octanol–water partition coefficient (Wildman–Crippen LogP) is 2.54. The van der Waals surface area contributed by atoms with Crippen LogP contribution in [0.1, 0.15) is 49.6 Å². The number of aromatic nitrogens is 2. The van der Waals surface area contributed by atoms with Crippen LogP contribution < -0.4 is 5.73 Å². The molecule has 5 heteroatoms. The molecule has 0 aliphatic carbocycles. The van der Waals surface area contributed by atoms with Crippen molar-refractivity contribution < 1.29 is 4.79 Å². The Kier molecular flexibility index (Phi) is 5.15. The largest absolute Gasteiger partial charge is 0.330 e. The van der Waals surface area contributed by atoms with Gasteiger partial charge in [0.05, 0.1) is 10.7 Å². The van der Waals surface area contributed by atoms with E-state index >= 15 is 0 Å².